The number of amides is 1. The van der Waals surface area contributed by atoms with Crippen LogP contribution in [-0.4, -0.2) is 34.6 Å². The first-order valence-electron chi connectivity index (χ1n) is 7.21. The molecule has 0 aliphatic heterocycles. The fourth-order valence-electron chi connectivity index (χ4n) is 1.88. The molecular formula is C15H22N4O4. The lowest BCUT2D eigenvalue weighted by atomic mass is 10.0. The van der Waals surface area contributed by atoms with Gasteiger partial charge in [-0.3, -0.25) is 0 Å². The minimum absolute atomic E-state index is 0.116. The minimum atomic E-state index is -1.22. The van der Waals surface area contributed by atoms with E-state index in [1.54, 1.807) is 45.0 Å². The fraction of sp³-hybridized carbons (Fsp3) is 0.533. The van der Waals surface area contributed by atoms with Crippen LogP contribution in [0.1, 0.15) is 38.9 Å². The van der Waals surface area contributed by atoms with Crippen LogP contribution in [0, 0.1) is 0 Å². The average molecular weight is 322 g/mol. The molecule has 0 fully saturated rings. The second-order valence-corrected chi connectivity index (χ2v) is 5.98. The number of hydrogen-bond donors (Lipinski definition) is 3. The van der Waals surface area contributed by atoms with E-state index < -0.39 is 23.9 Å². The lowest BCUT2D eigenvalue weighted by Gasteiger charge is -2.21. The van der Waals surface area contributed by atoms with E-state index in [0.717, 1.165) is 0 Å². The van der Waals surface area contributed by atoms with E-state index in [4.69, 9.17) is 10.3 Å². The molecule has 2 unspecified atom stereocenters. The highest BCUT2D eigenvalue weighted by Gasteiger charge is 2.21. The third kappa shape index (κ3) is 6.56. The Morgan fingerprint density at radius 1 is 1.39 bits per heavy atom. The lowest BCUT2D eigenvalue weighted by molar-refractivity contribution is 0.0126. The summed E-state index contributed by atoms with van der Waals surface area (Å²) in [5.74, 6) is 0. The molecule has 1 amide bonds. The molecule has 23 heavy (non-hydrogen) atoms. The van der Waals surface area contributed by atoms with Crippen molar-refractivity contribution in [1.29, 1.82) is 0 Å². The fourth-order valence-corrected chi connectivity index (χ4v) is 1.88. The van der Waals surface area contributed by atoms with Gasteiger partial charge in [-0.05, 0) is 38.3 Å². The third-order valence-electron chi connectivity index (χ3n) is 2.88. The molecule has 0 saturated heterocycles. The van der Waals surface area contributed by atoms with E-state index in [0.29, 0.717) is 5.56 Å². The summed E-state index contributed by atoms with van der Waals surface area (Å²) in [4.78, 5) is 14.2. The zero-order valence-electron chi connectivity index (χ0n) is 13.4. The van der Waals surface area contributed by atoms with Gasteiger partial charge in [0, 0.05) is 17.1 Å². The van der Waals surface area contributed by atoms with Gasteiger partial charge >= 0.3 is 6.09 Å². The van der Waals surface area contributed by atoms with E-state index in [9.17, 15) is 15.0 Å². The first kappa shape index (κ1) is 18.8. The van der Waals surface area contributed by atoms with E-state index >= 15 is 0 Å². The highest BCUT2D eigenvalue weighted by atomic mass is 16.6. The van der Waals surface area contributed by atoms with Gasteiger partial charge in [0.15, 0.2) is 0 Å². The number of benzene rings is 1. The van der Waals surface area contributed by atoms with Crippen molar-refractivity contribution in [2.24, 2.45) is 5.11 Å². The van der Waals surface area contributed by atoms with Gasteiger partial charge in [-0.15, -0.1) is 0 Å². The number of carbonyl (C=O) groups is 1. The Balaban J connectivity index is 2.57. The van der Waals surface area contributed by atoms with Crippen LogP contribution in [0.5, 0.6) is 0 Å². The molecule has 0 aliphatic rings. The van der Waals surface area contributed by atoms with Gasteiger partial charge in [-0.1, -0.05) is 29.4 Å². The Kier molecular flexibility index (Phi) is 6.84. The van der Waals surface area contributed by atoms with E-state index in [2.05, 4.69) is 15.3 Å². The Morgan fingerprint density at radius 3 is 2.65 bits per heavy atom. The zero-order valence-corrected chi connectivity index (χ0v) is 13.4. The summed E-state index contributed by atoms with van der Waals surface area (Å²) in [7, 11) is 0. The Bertz CT molecular complexity index is 579. The Morgan fingerprint density at radius 2 is 2.04 bits per heavy atom. The predicted molar refractivity (Wildman–Crippen MR) is 85.1 cm³/mol. The summed E-state index contributed by atoms with van der Waals surface area (Å²) in [6, 6.07) is 6.44. The van der Waals surface area contributed by atoms with Crippen LogP contribution in [0.25, 0.3) is 10.4 Å². The maximum atomic E-state index is 11.5. The van der Waals surface area contributed by atoms with Crippen molar-refractivity contribution < 1.29 is 19.7 Å². The summed E-state index contributed by atoms with van der Waals surface area (Å²) in [6.45, 7) is 5.38. The van der Waals surface area contributed by atoms with Gasteiger partial charge in [-0.2, -0.15) is 0 Å². The number of ether oxygens (including phenoxy) is 1. The highest BCUT2D eigenvalue weighted by molar-refractivity contribution is 5.67. The number of aliphatic hydroxyl groups excluding tert-OH is 2. The molecule has 8 nitrogen and oxygen atoms in total. The average Bonchev–Trinajstić information content (AvgIpc) is 2.45. The largest absolute Gasteiger partial charge is 0.444 e. The van der Waals surface area contributed by atoms with Crippen LogP contribution in [-0.2, 0) is 4.74 Å². The maximum absolute atomic E-state index is 11.5. The van der Waals surface area contributed by atoms with Crippen LogP contribution in [0.2, 0.25) is 0 Å². The van der Waals surface area contributed by atoms with Gasteiger partial charge in [0.1, 0.15) is 11.7 Å². The summed E-state index contributed by atoms with van der Waals surface area (Å²) >= 11 is 0. The third-order valence-corrected chi connectivity index (χ3v) is 2.88. The highest BCUT2D eigenvalue weighted by Crippen LogP contribution is 2.28. The van der Waals surface area contributed by atoms with Crippen molar-refractivity contribution in [2.75, 3.05) is 6.54 Å². The van der Waals surface area contributed by atoms with Gasteiger partial charge in [0.2, 0.25) is 0 Å². The summed E-state index contributed by atoms with van der Waals surface area (Å²) in [6.07, 6.45) is -2.82. The molecule has 0 saturated carbocycles. The Hall–Kier alpha value is -2.28. The lowest BCUT2D eigenvalue weighted by Crippen LogP contribution is -2.34. The molecule has 0 heterocycles. The molecule has 1 rings (SSSR count). The molecule has 3 N–H and O–H groups in total. The summed E-state index contributed by atoms with van der Waals surface area (Å²) < 4.78 is 5.07. The van der Waals surface area contributed by atoms with E-state index in [-0.39, 0.29) is 18.7 Å². The molecule has 8 heteroatoms. The quantitative estimate of drug-likeness (QED) is 0.422. The summed E-state index contributed by atoms with van der Waals surface area (Å²) in [5, 5.41) is 26.2. The van der Waals surface area contributed by atoms with Crippen LogP contribution in [0.4, 0.5) is 10.5 Å². The van der Waals surface area contributed by atoms with Crippen LogP contribution in [0.3, 0.4) is 0 Å². The summed E-state index contributed by atoms with van der Waals surface area (Å²) in [5.41, 5.74) is 8.49. The van der Waals surface area contributed by atoms with Gasteiger partial charge in [0.25, 0.3) is 0 Å². The van der Waals surface area contributed by atoms with Crippen LogP contribution in [0.15, 0.2) is 29.4 Å². The molecule has 1 aromatic rings. The maximum Gasteiger partial charge on any atom is 0.407 e. The van der Waals surface area contributed by atoms with Crippen LogP contribution >= 0.6 is 0 Å². The number of carbonyl (C=O) groups excluding carboxylic acids is 1. The smallest absolute Gasteiger partial charge is 0.407 e. The number of azide groups is 1. The molecule has 0 spiro atoms. The molecule has 1 aromatic carbocycles. The molecule has 0 aliphatic carbocycles. The predicted octanol–water partition coefficient (Wildman–Crippen LogP) is 2.94. The minimum Gasteiger partial charge on any atom is -0.444 e. The van der Waals surface area contributed by atoms with Gasteiger partial charge < -0.3 is 20.3 Å². The van der Waals surface area contributed by atoms with Crippen molar-refractivity contribution in [3.05, 3.63) is 40.3 Å². The van der Waals surface area contributed by atoms with Crippen molar-refractivity contribution in [2.45, 2.75) is 45.0 Å². The SMILES string of the molecule is CC(C)(C)OC(=O)NCCC(O)C(O)c1ccccc1N=[N+]=[N-]. The molecule has 2 atom stereocenters. The number of nitrogens with zero attached hydrogens (tertiary/aromatic N) is 3. The Labute approximate surface area is 134 Å². The van der Waals surface area contributed by atoms with Crippen molar-refractivity contribution in [1.82, 2.24) is 5.32 Å². The van der Waals surface area contributed by atoms with Crippen molar-refractivity contribution in [3.63, 3.8) is 0 Å². The normalized spacial score (nSPS) is 13.6. The van der Waals surface area contributed by atoms with Gasteiger partial charge in [-0.25, -0.2) is 4.79 Å². The van der Waals surface area contributed by atoms with Gasteiger partial charge in [0.05, 0.1) is 6.10 Å². The number of hydrogen-bond acceptors (Lipinski definition) is 5. The zero-order chi connectivity index (χ0) is 17.5. The van der Waals surface area contributed by atoms with Crippen molar-refractivity contribution >= 4 is 11.8 Å². The monoisotopic (exact) mass is 322 g/mol. The molecule has 0 radical (unpaired) electrons. The molecule has 126 valence electrons. The second-order valence-electron chi connectivity index (χ2n) is 5.98. The number of alkyl carbamates (subject to hydrolysis) is 1. The van der Waals surface area contributed by atoms with E-state index in [1.807, 2.05) is 0 Å². The topological polar surface area (TPSA) is 128 Å². The number of nitrogens with one attached hydrogen (secondary N) is 1. The van der Waals surface area contributed by atoms with Crippen LogP contribution < -0.4 is 5.32 Å². The number of rotatable bonds is 6. The molecular weight excluding hydrogens is 300 g/mol. The molecule has 0 aromatic heterocycles. The second kappa shape index (κ2) is 8.38. The van der Waals surface area contributed by atoms with Crippen molar-refractivity contribution in [3.8, 4) is 0 Å². The number of aliphatic hydroxyl groups is 2. The van der Waals surface area contributed by atoms with E-state index in [1.165, 1.54) is 0 Å². The first-order chi connectivity index (χ1) is 10.7. The standard InChI is InChI=1S/C15H22N4O4/c1-15(2,3)23-14(22)17-9-8-12(20)13(21)10-6-4-5-7-11(10)18-19-16/h4-7,12-13,20-21H,8-9H2,1-3H3,(H,17,22). The first-order valence-corrected chi connectivity index (χ1v) is 7.21. The molecule has 0 bridgehead atoms.